The van der Waals surface area contributed by atoms with Crippen LogP contribution in [0.3, 0.4) is 0 Å². The Balaban J connectivity index is 2.06. The molecule has 2 heterocycles. The summed E-state index contributed by atoms with van der Waals surface area (Å²) in [5.41, 5.74) is 0.347. The van der Waals surface area contributed by atoms with E-state index in [1.54, 1.807) is 4.90 Å². The van der Waals surface area contributed by atoms with Crippen molar-refractivity contribution in [2.45, 2.75) is 52.2 Å². The number of hydrogen-bond acceptors (Lipinski definition) is 5. The minimum absolute atomic E-state index is 0.182. The van der Waals surface area contributed by atoms with Gasteiger partial charge in [-0.25, -0.2) is 14.8 Å². The molecule has 6 nitrogen and oxygen atoms in total. The Bertz CT molecular complexity index is 553. The number of nitrogens with zero attached hydrogens (tertiary/aromatic N) is 4. The number of rotatable bonds is 2. The van der Waals surface area contributed by atoms with E-state index in [4.69, 9.17) is 16.3 Å². The molecule has 1 aromatic rings. The van der Waals surface area contributed by atoms with Crippen LogP contribution in [-0.2, 0) is 4.74 Å². The van der Waals surface area contributed by atoms with Crippen molar-refractivity contribution in [3.8, 4) is 0 Å². The zero-order chi connectivity index (χ0) is 17.2. The molecule has 0 aliphatic carbocycles. The van der Waals surface area contributed by atoms with Crippen LogP contribution < -0.4 is 4.90 Å². The third kappa shape index (κ3) is 4.96. The normalized spacial score (nSPS) is 18.7. The predicted octanol–water partition coefficient (Wildman–Crippen LogP) is 3.27. The molecule has 1 fully saturated rings. The third-order valence-electron chi connectivity index (χ3n) is 3.77. The van der Waals surface area contributed by atoms with Crippen molar-refractivity contribution in [2.24, 2.45) is 0 Å². The first-order chi connectivity index (χ1) is 10.7. The molecule has 0 saturated carbocycles. The number of carbonyl (C=O) groups excluding carboxylic acids is 1. The van der Waals surface area contributed by atoms with Gasteiger partial charge in [-0.2, -0.15) is 0 Å². The molecule has 128 valence electrons. The lowest BCUT2D eigenvalue weighted by Crippen LogP contribution is -2.50. The molecule has 23 heavy (non-hydrogen) atoms. The molecule has 0 radical (unpaired) electrons. The molecule has 0 bridgehead atoms. The quantitative estimate of drug-likeness (QED) is 0.773. The van der Waals surface area contributed by atoms with E-state index in [0.29, 0.717) is 6.54 Å². The van der Waals surface area contributed by atoms with E-state index in [1.807, 2.05) is 40.8 Å². The Hall–Kier alpha value is -1.56. The van der Waals surface area contributed by atoms with Crippen LogP contribution in [0.2, 0.25) is 5.28 Å². The monoisotopic (exact) mass is 340 g/mol. The highest BCUT2D eigenvalue weighted by Gasteiger charge is 2.30. The van der Waals surface area contributed by atoms with Crippen LogP contribution in [0.5, 0.6) is 0 Å². The Labute approximate surface area is 142 Å². The van der Waals surface area contributed by atoms with Gasteiger partial charge >= 0.3 is 6.09 Å². The van der Waals surface area contributed by atoms with Gasteiger partial charge in [0, 0.05) is 37.9 Å². The van der Waals surface area contributed by atoms with E-state index in [2.05, 4.69) is 14.9 Å². The third-order valence-corrected chi connectivity index (χ3v) is 3.94. The highest BCUT2D eigenvalue weighted by molar-refractivity contribution is 6.28. The van der Waals surface area contributed by atoms with Crippen molar-refractivity contribution in [1.82, 2.24) is 14.9 Å². The van der Waals surface area contributed by atoms with E-state index in [0.717, 1.165) is 30.9 Å². The first kappa shape index (κ1) is 17.8. The number of carbonyl (C=O) groups is 1. The number of hydrogen-bond donors (Lipinski definition) is 0. The van der Waals surface area contributed by atoms with Crippen LogP contribution in [0.15, 0.2) is 6.07 Å². The molecule has 1 aromatic heterocycles. The average molecular weight is 341 g/mol. The number of anilines is 1. The summed E-state index contributed by atoms with van der Waals surface area (Å²) >= 11 is 5.95. The van der Waals surface area contributed by atoms with Crippen LogP contribution in [0.1, 0.15) is 39.3 Å². The number of piperidine rings is 1. The number of amides is 1. The summed E-state index contributed by atoms with van der Waals surface area (Å²) in [5.74, 6) is 0.776. The molecule has 1 amide bonds. The topological polar surface area (TPSA) is 58.6 Å². The summed E-state index contributed by atoms with van der Waals surface area (Å²) < 4.78 is 5.47. The molecule has 1 aliphatic rings. The van der Waals surface area contributed by atoms with E-state index in [-0.39, 0.29) is 17.4 Å². The van der Waals surface area contributed by atoms with Crippen LogP contribution in [0.25, 0.3) is 0 Å². The maximum atomic E-state index is 12.3. The van der Waals surface area contributed by atoms with Gasteiger partial charge < -0.3 is 14.5 Å². The van der Waals surface area contributed by atoms with Gasteiger partial charge in [0.05, 0.1) is 0 Å². The van der Waals surface area contributed by atoms with Gasteiger partial charge in [0.25, 0.3) is 0 Å². The summed E-state index contributed by atoms with van der Waals surface area (Å²) in [4.78, 5) is 24.5. The van der Waals surface area contributed by atoms with Crippen molar-refractivity contribution < 1.29 is 9.53 Å². The first-order valence-electron chi connectivity index (χ1n) is 7.87. The maximum absolute atomic E-state index is 12.3. The minimum atomic E-state index is -0.479. The molecule has 0 N–H and O–H groups in total. The molecule has 1 saturated heterocycles. The molecule has 1 atom stereocenters. The fourth-order valence-electron chi connectivity index (χ4n) is 2.65. The van der Waals surface area contributed by atoms with Gasteiger partial charge in [-0.3, -0.25) is 0 Å². The largest absolute Gasteiger partial charge is 0.444 e. The van der Waals surface area contributed by atoms with Crippen LogP contribution in [0.4, 0.5) is 10.6 Å². The van der Waals surface area contributed by atoms with Gasteiger partial charge in [0.1, 0.15) is 11.4 Å². The SMILES string of the molecule is Cc1cc(N(C)C2CCCN(C(=O)OC(C)(C)C)C2)nc(Cl)n1. The van der Waals surface area contributed by atoms with Gasteiger partial charge in [0.2, 0.25) is 5.28 Å². The standard InChI is InChI=1S/C16H25ClN4O2/c1-11-9-13(19-14(17)18-11)20(5)12-7-6-8-21(10-12)15(22)23-16(2,3)4/h9,12H,6-8,10H2,1-5H3. The number of aromatic nitrogens is 2. The van der Waals surface area contributed by atoms with Crippen LogP contribution in [-0.4, -0.2) is 52.7 Å². The summed E-state index contributed by atoms with van der Waals surface area (Å²) in [6.45, 7) is 8.87. The van der Waals surface area contributed by atoms with Crippen LogP contribution >= 0.6 is 11.6 Å². The number of ether oxygens (including phenoxy) is 1. The fraction of sp³-hybridized carbons (Fsp3) is 0.688. The van der Waals surface area contributed by atoms with Gasteiger partial charge in [-0.1, -0.05) is 0 Å². The lowest BCUT2D eigenvalue weighted by Gasteiger charge is -2.38. The van der Waals surface area contributed by atoms with Gasteiger partial charge in [0.15, 0.2) is 0 Å². The first-order valence-corrected chi connectivity index (χ1v) is 8.25. The second-order valence-corrected chi connectivity index (χ2v) is 7.31. The molecule has 1 unspecified atom stereocenters. The van der Waals surface area contributed by atoms with Crippen molar-refractivity contribution in [1.29, 1.82) is 0 Å². The molecule has 0 spiro atoms. The van der Waals surface area contributed by atoms with Crippen molar-refractivity contribution in [3.63, 3.8) is 0 Å². The zero-order valence-electron chi connectivity index (χ0n) is 14.5. The molecule has 1 aliphatic heterocycles. The van der Waals surface area contributed by atoms with E-state index in [9.17, 15) is 4.79 Å². The summed E-state index contributed by atoms with van der Waals surface area (Å²) in [7, 11) is 1.97. The maximum Gasteiger partial charge on any atom is 0.410 e. The Morgan fingerprint density at radius 3 is 2.74 bits per heavy atom. The summed E-state index contributed by atoms with van der Waals surface area (Å²) in [6.07, 6.45) is 1.68. The molecule has 2 rings (SSSR count). The smallest absolute Gasteiger partial charge is 0.410 e. The molecule has 7 heteroatoms. The predicted molar refractivity (Wildman–Crippen MR) is 91.0 cm³/mol. The highest BCUT2D eigenvalue weighted by Crippen LogP contribution is 2.22. The fourth-order valence-corrected chi connectivity index (χ4v) is 2.87. The van der Waals surface area contributed by atoms with E-state index in [1.165, 1.54) is 0 Å². The lowest BCUT2D eigenvalue weighted by atomic mass is 10.0. The summed E-state index contributed by atoms with van der Waals surface area (Å²) in [5, 5.41) is 0.242. The van der Waals surface area contributed by atoms with Gasteiger partial charge in [-0.15, -0.1) is 0 Å². The summed E-state index contributed by atoms with van der Waals surface area (Å²) in [6, 6.07) is 2.08. The number of halogens is 1. The van der Waals surface area contributed by atoms with E-state index < -0.39 is 5.60 Å². The molecular weight excluding hydrogens is 316 g/mol. The molecular formula is C16H25ClN4O2. The second kappa shape index (κ2) is 6.91. The average Bonchev–Trinajstić information content (AvgIpc) is 2.44. The lowest BCUT2D eigenvalue weighted by molar-refractivity contribution is 0.0199. The number of likely N-dealkylation sites (tertiary alicyclic amines) is 1. The van der Waals surface area contributed by atoms with Crippen molar-refractivity contribution in [2.75, 3.05) is 25.0 Å². The Morgan fingerprint density at radius 1 is 1.43 bits per heavy atom. The van der Waals surface area contributed by atoms with Crippen molar-refractivity contribution in [3.05, 3.63) is 17.0 Å². The number of aryl methyl sites for hydroxylation is 1. The van der Waals surface area contributed by atoms with E-state index >= 15 is 0 Å². The second-order valence-electron chi connectivity index (χ2n) is 6.97. The highest BCUT2D eigenvalue weighted by atomic mass is 35.5. The Morgan fingerprint density at radius 2 is 2.13 bits per heavy atom. The Kier molecular flexibility index (Phi) is 5.34. The minimum Gasteiger partial charge on any atom is -0.444 e. The molecule has 0 aromatic carbocycles. The number of likely N-dealkylation sites (N-methyl/N-ethyl adjacent to an activating group) is 1. The zero-order valence-corrected chi connectivity index (χ0v) is 15.2. The van der Waals surface area contributed by atoms with Crippen LogP contribution in [0, 0.1) is 6.92 Å². The van der Waals surface area contributed by atoms with Crippen molar-refractivity contribution >= 4 is 23.5 Å². The van der Waals surface area contributed by atoms with Gasteiger partial charge in [-0.05, 0) is 52.1 Å².